The SMILES string of the molecule is Cc1cccn2c(CN(C)C)c(Cc3ccccc3)nc12. The first kappa shape index (κ1) is 13.8. The molecule has 0 bridgehead atoms. The van der Waals surface area contributed by atoms with Crippen molar-refractivity contribution in [3.05, 3.63) is 71.2 Å². The smallest absolute Gasteiger partial charge is 0.140 e. The molecule has 108 valence electrons. The number of aryl methyl sites for hydroxylation is 1. The quantitative estimate of drug-likeness (QED) is 0.730. The van der Waals surface area contributed by atoms with E-state index < -0.39 is 0 Å². The summed E-state index contributed by atoms with van der Waals surface area (Å²) in [5.74, 6) is 0. The molecule has 3 aromatic rings. The molecule has 0 unspecified atom stereocenters. The maximum Gasteiger partial charge on any atom is 0.140 e. The summed E-state index contributed by atoms with van der Waals surface area (Å²) in [6, 6.07) is 14.8. The first-order valence-corrected chi connectivity index (χ1v) is 7.29. The second-order valence-electron chi connectivity index (χ2n) is 5.79. The van der Waals surface area contributed by atoms with Crippen LogP contribution in [0.3, 0.4) is 0 Å². The van der Waals surface area contributed by atoms with Gasteiger partial charge in [0.2, 0.25) is 0 Å². The average Bonchev–Trinajstić information content (AvgIpc) is 2.79. The topological polar surface area (TPSA) is 20.5 Å². The van der Waals surface area contributed by atoms with Crippen molar-refractivity contribution in [1.29, 1.82) is 0 Å². The monoisotopic (exact) mass is 279 g/mol. The van der Waals surface area contributed by atoms with Gasteiger partial charge in [0.25, 0.3) is 0 Å². The third kappa shape index (κ3) is 2.83. The number of rotatable bonds is 4. The largest absolute Gasteiger partial charge is 0.304 e. The minimum atomic E-state index is 0.880. The Labute approximate surface area is 125 Å². The van der Waals surface area contributed by atoms with Gasteiger partial charge in [-0.05, 0) is 38.2 Å². The van der Waals surface area contributed by atoms with E-state index in [9.17, 15) is 0 Å². The van der Waals surface area contributed by atoms with Crippen LogP contribution in [-0.2, 0) is 13.0 Å². The van der Waals surface area contributed by atoms with Crippen LogP contribution < -0.4 is 0 Å². The highest BCUT2D eigenvalue weighted by Crippen LogP contribution is 2.19. The van der Waals surface area contributed by atoms with E-state index in [1.165, 1.54) is 22.5 Å². The highest BCUT2D eigenvalue weighted by molar-refractivity contribution is 5.51. The number of pyridine rings is 1. The molecular weight excluding hydrogens is 258 g/mol. The van der Waals surface area contributed by atoms with Gasteiger partial charge in [0.1, 0.15) is 5.65 Å². The number of nitrogens with zero attached hydrogens (tertiary/aromatic N) is 3. The van der Waals surface area contributed by atoms with Gasteiger partial charge in [-0.3, -0.25) is 0 Å². The van der Waals surface area contributed by atoms with Crippen LogP contribution in [-0.4, -0.2) is 28.4 Å². The number of aromatic nitrogens is 2. The minimum Gasteiger partial charge on any atom is -0.304 e. The van der Waals surface area contributed by atoms with Crippen molar-refractivity contribution >= 4 is 5.65 Å². The predicted molar refractivity (Wildman–Crippen MR) is 86.6 cm³/mol. The van der Waals surface area contributed by atoms with E-state index in [0.29, 0.717) is 0 Å². The molecule has 0 atom stereocenters. The molecule has 0 spiro atoms. The van der Waals surface area contributed by atoms with E-state index in [1.807, 2.05) is 0 Å². The molecule has 0 saturated carbocycles. The van der Waals surface area contributed by atoms with E-state index in [0.717, 1.165) is 18.6 Å². The Morgan fingerprint density at radius 3 is 2.52 bits per heavy atom. The van der Waals surface area contributed by atoms with Crippen molar-refractivity contribution in [2.24, 2.45) is 0 Å². The molecule has 0 aliphatic carbocycles. The molecule has 0 aliphatic rings. The van der Waals surface area contributed by atoms with Crippen molar-refractivity contribution in [3.63, 3.8) is 0 Å². The molecule has 0 fully saturated rings. The second kappa shape index (κ2) is 5.70. The maximum atomic E-state index is 4.90. The Morgan fingerprint density at radius 1 is 1.05 bits per heavy atom. The molecule has 0 radical (unpaired) electrons. The summed E-state index contributed by atoms with van der Waals surface area (Å²) < 4.78 is 2.23. The van der Waals surface area contributed by atoms with Crippen LogP contribution in [0.4, 0.5) is 0 Å². The summed E-state index contributed by atoms with van der Waals surface area (Å²) >= 11 is 0. The first-order chi connectivity index (χ1) is 10.1. The van der Waals surface area contributed by atoms with Crippen molar-refractivity contribution in [2.45, 2.75) is 19.9 Å². The second-order valence-corrected chi connectivity index (χ2v) is 5.79. The Morgan fingerprint density at radius 2 is 1.81 bits per heavy atom. The zero-order chi connectivity index (χ0) is 14.8. The summed E-state index contributed by atoms with van der Waals surface area (Å²) in [4.78, 5) is 7.09. The molecule has 0 aliphatic heterocycles. The van der Waals surface area contributed by atoms with Gasteiger partial charge in [0, 0.05) is 19.2 Å². The first-order valence-electron chi connectivity index (χ1n) is 7.29. The standard InChI is InChI=1S/C18H21N3/c1-14-8-7-11-21-17(13-20(2)3)16(19-18(14)21)12-15-9-5-4-6-10-15/h4-11H,12-13H2,1-3H3. The normalized spacial score (nSPS) is 11.4. The van der Waals surface area contributed by atoms with Crippen molar-refractivity contribution in [3.8, 4) is 0 Å². The highest BCUT2D eigenvalue weighted by Gasteiger charge is 2.14. The number of imidazole rings is 1. The lowest BCUT2D eigenvalue weighted by Crippen LogP contribution is -2.14. The lowest BCUT2D eigenvalue weighted by molar-refractivity contribution is 0.394. The van der Waals surface area contributed by atoms with Gasteiger partial charge < -0.3 is 9.30 Å². The predicted octanol–water partition coefficient (Wildman–Crippen LogP) is 3.30. The number of hydrogen-bond donors (Lipinski definition) is 0. The summed E-state index contributed by atoms with van der Waals surface area (Å²) in [7, 11) is 4.20. The van der Waals surface area contributed by atoms with E-state index in [2.05, 4.69) is 79.0 Å². The van der Waals surface area contributed by atoms with Crippen molar-refractivity contribution in [2.75, 3.05) is 14.1 Å². The van der Waals surface area contributed by atoms with Crippen LogP contribution in [0.5, 0.6) is 0 Å². The molecule has 2 heterocycles. The van der Waals surface area contributed by atoms with E-state index in [-0.39, 0.29) is 0 Å². The summed E-state index contributed by atoms with van der Waals surface area (Å²) in [6.07, 6.45) is 2.99. The molecule has 3 rings (SSSR count). The minimum absolute atomic E-state index is 0.880. The fourth-order valence-corrected chi connectivity index (χ4v) is 2.70. The highest BCUT2D eigenvalue weighted by atomic mass is 15.1. The van der Waals surface area contributed by atoms with Crippen LogP contribution in [0.15, 0.2) is 48.7 Å². The molecule has 0 amide bonds. The van der Waals surface area contributed by atoms with Crippen LogP contribution in [0.2, 0.25) is 0 Å². The Hall–Kier alpha value is -2.13. The van der Waals surface area contributed by atoms with Gasteiger partial charge in [-0.25, -0.2) is 4.98 Å². The Balaban J connectivity index is 2.10. The van der Waals surface area contributed by atoms with Gasteiger partial charge >= 0.3 is 0 Å². The fraction of sp³-hybridized carbons (Fsp3) is 0.278. The fourth-order valence-electron chi connectivity index (χ4n) is 2.70. The van der Waals surface area contributed by atoms with Crippen LogP contribution in [0, 0.1) is 6.92 Å². The van der Waals surface area contributed by atoms with Gasteiger partial charge in [-0.1, -0.05) is 36.4 Å². The van der Waals surface area contributed by atoms with Crippen molar-refractivity contribution < 1.29 is 0 Å². The molecule has 2 aromatic heterocycles. The van der Waals surface area contributed by atoms with Crippen LogP contribution in [0.1, 0.15) is 22.5 Å². The molecule has 0 saturated heterocycles. The molecule has 21 heavy (non-hydrogen) atoms. The number of hydrogen-bond acceptors (Lipinski definition) is 2. The summed E-state index contributed by atoms with van der Waals surface area (Å²) in [5, 5.41) is 0. The lowest BCUT2D eigenvalue weighted by atomic mass is 10.1. The molecular formula is C18H21N3. The van der Waals surface area contributed by atoms with Crippen LogP contribution >= 0.6 is 0 Å². The molecule has 3 nitrogen and oxygen atoms in total. The molecule has 1 aromatic carbocycles. The average molecular weight is 279 g/mol. The third-order valence-electron chi connectivity index (χ3n) is 3.71. The number of fused-ring (bicyclic) bond motifs is 1. The zero-order valence-electron chi connectivity index (χ0n) is 12.9. The summed E-state index contributed by atoms with van der Waals surface area (Å²) in [5.41, 5.74) is 6.04. The molecule has 0 N–H and O–H groups in total. The van der Waals surface area contributed by atoms with Gasteiger partial charge in [-0.2, -0.15) is 0 Å². The maximum absolute atomic E-state index is 4.90. The third-order valence-corrected chi connectivity index (χ3v) is 3.71. The van der Waals surface area contributed by atoms with E-state index in [1.54, 1.807) is 0 Å². The van der Waals surface area contributed by atoms with Crippen LogP contribution in [0.25, 0.3) is 5.65 Å². The van der Waals surface area contributed by atoms with Crippen molar-refractivity contribution in [1.82, 2.24) is 14.3 Å². The Kier molecular flexibility index (Phi) is 3.76. The van der Waals surface area contributed by atoms with Gasteiger partial charge in [0.15, 0.2) is 0 Å². The number of benzene rings is 1. The lowest BCUT2D eigenvalue weighted by Gasteiger charge is -2.11. The molecule has 3 heteroatoms. The van der Waals surface area contributed by atoms with Gasteiger partial charge in [-0.15, -0.1) is 0 Å². The van der Waals surface area contributed by atoms with Gasteiger partial charge in [0.05, 0.1) is 11.4 Å². The Bertz CT molecular complexity index is 742. The summed E-state index contributed by atoms with van der Waals surface area (Å²) in [6.45, 7) is 3.01. The zero-order valence-corrected chi connectivity index (χ0v) is 12.9. The van der Waals surface area contributed by atoms with E-state index >= 15 is 0 Å². The van der Waals surface area contributed by atoms with E-state index in [4.69, 9.17) is 4.98 Å².